The van der Waals surface area contributed by atoms with Gasteiger partial charge in [0.05, 0.1) is 18.1 Å². The number of carbonyl (C=O) groups is 1. The lowest BCUT2D eigenvalue weighted by Gasteiger charge is -2.23. The molecule has 4 rings (SSSR count). The fourth-order valence-electron chi connectivity index (χ4n) is 2.82. The van der Waals surface area contributed by atoms with Crippen molar-refractivity contribution in [3.8, 4) is 22.5 Å². The monoisotopic (exact) mass is 349 g/mol. The lowest BCUT2D eigenvalue weighted by molar-refractivity contribution is -0.122. The molecule has 6 nitrogen and oxygen atoms in total. The molecule has 0 unspecified atom stereocenters. The first-order valence-corrected chi connectivity index (χ1v) is 8.40. The highest BCUT2D eigenvalue weighted by atomic mass is 19.1. The number of anilines is 1. The quantitative estimate of drug-likeness (QED) is 0.780. The fourth-order valence-corrected chi connectivity index (χ4v) is 2.82. The predicted molar refractivity (Wildman–Crippen MR) is 94.4 cm³/mol. The molecule has 1 aliphatic rings. The van der Waals surface area contributed by atoms with Gasteiger partial charge >= 0.3 is 0 Å². The first-order chi connectivity index (χ1) is 12.7. The maximum Gasteiger partial charge on any atom is 0.228 e. The summed E-state index contributed by atoms with van der Waals surface area (Å²) in [6, 6.07) is 5.13. The highest BCUT2D eigenvalue weighted by Gasteiger charge is 2.26. The summed E-state index contributed by atoms with van der Waals surface area (Å²) in [7, 11) is 0. The molecule has 1 aliphatic carbocycles. The SMILES string of the molecule is O=C(Nc1cnc(-c2ccncc2F)c(-c2cccnc2)n1)C1CCC1. The molecule has 1 amide bonds. The number of nitrogens with one attached hydrogen (secondary N) is 1. The summed E-state index contributed by atoms with van der Waals surface area (Å²) >= 11 is 0. The van der Waals surface area contributed by atoms with E-state index >= 15 is 0 Å². The van der Waals surface area contributed by atoms with E-state index in [1.54, 1.807) is 24.5 Å². The zero-order valence-corrected chi connectivity index (χ0v) is 13.9. The van der Waals surface area contributed by atoms with Gasteiger partial charge in [-0.25, -0.2) is 14.4 Å². The van der Waals surface area contributed by atoms with E-state index in [-0.39, 0.29) is 11.8 Å². The minimum absolute atomic E-state index is 0.0379. The average molecular weight is 349 g/mol. The normalized spacial score (nSPS) is 13.9. The van der Waals surface area contributed by atoms with Crippen LogP contribution in [-0.2, 0) is 4.79 Å². The van der Waals surface area contributed by atoms with Crippen molar-refractivity contribution in [2.24, 2.45) is 5.92 Å². The van der Waals surface area contributed by atoms with Gasteiger partial charge in [0, 0.05) is 35.6 Å². The van der Waals surface area contributed by atoms with Gasteiger partial charge in [-0.15, -0.1) is 0 Å². The Hall–Kier alpha value is -3.22. The second-order valence-electron chi connectivity index (χ2n) is 6.17. The van der Waals surface area contributed by atoms with E-state index < -0.39 is 5.82 Å². The van der Waals surface area contributed by atoms with E-state index in [0.717, 1.165) is 25.5 Å². The van der Waals surface area contributed by atoms with Crippen LogP contribution in [0.1, 0.15) is 19.3 Å². The number of hydrogen-bond acceptors (Lipinski definition) is 5. The van der Waals surface area contributed by atoms with Crippen LogP contribution in [0.3, 0.4) is 0 Å². The number of nitrogens with zero attached hydrogens (tertiary/aromatic N) is 4. The molecule has 0 bridgehead atoms. The number of aromatic nitrogens is 4. The van der Waals surface area contributed by atoms with Gasteiger partial charge in [-0.2, -0.15) is 0 Å². The molecule has 0 saturated heterocycles. The van der Waals surface area contributed by atoms with E-state index in [0.29, 0.717) is 28.3 Å². The van der Waals surface area contributed by atoms with Crippen LogP contribution < -0.4 is 5.32 Å². The second kappa shape index (κ2) is 6.95. The second-order valence-corrected chi connectivity index (χ2v) is 6.17. The van der Waals surface area contributed by atoms with Crippen molar-refractivity contribution in [3.63, 3.8) is 0 Å². The molecule has 130 valence electrons. The lowest BCUT2D eigenvalue weighted by atomic mass is 9.85. The van der Waals surface area contributed by atoms with E-state index in [1.807, 2.05) is 6.07 Å². The highest BCUT2D eigenvalue weighted by molar-refractivity contribution is 5.92. The summed E-state index contributed by atoms with van der Waals surface area (Å²) in [6.45, 7) is 0. The zero-order chi connectivity index (χ0) is 17.9. The summed E-state index contributed by atoms with van der Waals surface area (Å²) in [6.07, 6.45) is 10.2. The topological polar surface area (TPSA) is 80.7 Å². The molecule has 1 saturated carbocycles. The third-order valence-electron chi connectivity index (χ3n) is 4.46. The molecule has 0 spiro atoms. The molecule has 3 aromatic rings. The zero-order valence-electron chi connectivity index (χ0n) is 13.9. The number of hydrogen-bond donors (Lipinski definition) is 1. The number of pyridine rings is 2. The summed E-state index contributed by atoms with van der Waals surface area (Å²) in [5.41, 5.74) is 1.81. The maximum atomic E-state index is 14.2. The average Bonchev–Trinajstić information content (AvgIpc) is 2.61. The van der Waals surface area contributed by atoms with Gasteiger partial charge in [0.2, 0.25) is 5.91 Å². The minimum atomic E-state index is -0.488. The van der Waals surface area contributed by atoms with Crippen LogP contribution in [0.4, 0.5) is 10.2 Å². The first-order valence-electron chi connectivity index (χ1n) is 8.40. The van der Waals surface area contributed by atoms with Gasteiger partial charge in [0.15, 0.2) is 11.6 Å². The van der Waals surface area contributed by atoms with Crippen LogP contribution in [0.15, 0.2) is 49.2 Å². The third kappa shape index (κ3) is 3.15. The number of rotatable bonds is 4. The summed E-state index contributed by atoms with van der Waals surface area (Å²) < 4.78 is 14.2. The Balaban J connectivity index is 1.76. The number of halogens is 1. The van der Waals surface area contributed by atoms with Crippen molar-refractivity contribution in [1.82, 2.24) is 19.9 Å². The minimum Gasteiger partial charge on any atom is -0.309 e. The highest BCUT2D eigenvalue weighted by Crippen LogP contribution is 2.31. The van der Waals surface area contributed by atoms with Gasteiger partial charge in [0.1, 0.15) is 5.69 Å². The van der Waals surface area contributed by atoms with E-state index in [9.17, 15) is 9.18 Å². The molecule has 3 aromatic heterocycles. The summed E-state index contributed by atoms with van der Waals surface area (Å²) in [4.78, 5) is 29.0. The van der Waals surface area contributed by atoms with Crippen molar-refractivity contribution >= 4 is 11.7 Å². The summed E-state index contributed by atoms with van der Waals surface area (Å²) in [5, 5.41) is 2.81. The molecule has 0 aliphatic heterocycles. The Morgan fingerprint density at radius 2 is 1.92 bits per heavy atom. The third-order valence-corrected chi connectivity index (χ3v) is 4.46. The maximum absolute atomic E-state index is 14.2. The largest absolute Gasteiger partial charge is 0.309 e. The van der Waals surface area contributed by atoms with E-state index in [2.05, 4.69) is 25.3 Å². The molecular weight excluding hydrogens is 333 g/mol. The smallest absolute Gasteiger partial charge is 0.228 e. The van der Waals surface area contributed by atoms with Gasteiger partial charge in [-0.05, 0) is 31.0 Å². The van der Waals surface area contributed by atoms with E-state index in [4.69, 9.17) is 0 Å². The summed E-state index contributed by atoms with van der Waals surface area (Å²) in [5.74, 6) is -0.154. The van der Waals surface area contributed by atoms with Crippen molar-refractivity contribution in [3.05, 3.63) is 55.0 Å². The van der Waals surface area contributed by atoms with Crippen molar-refractivity contribution in [1.29, 1.82) is 0 Å². The first kappa shape index (κ1) is 16.3. The standard InChI is InChI=1S/C19H16FN5O/c20-15-10-22-8-6-14(15)18-17(13-5-2-7-21-9-13)24-16(11-23-18)25-19(26)12-3-1-4-12/h2,5-12H,1,3-4H2,(H,24,25,26). The molecule has 0 radical (unpaired) electrons. The van der Waals surface area contributed by atoms with E-state index in [1.165, 1.54) is 12.4 Å². The predicted octanol–water partition coefficient (Wildman–Crippen LogP) is 3.48. The van der Waals surface area contributed by atoms with Crippen LogP contribution in [0.25, 0.3) is 22.5 Å². The molecule has 26 heavy (non-hydrogen) atoms. The Morgan fingerprint density at radius 1 is 1.08 bits per heavy atom. The van der Waals surface area contributed by atoms with Crippen molar-refractivity contribution < 1.29 is 9.18 Å². The van der Waals surface area contributed by atoms with Gasteiger partial charge in [-0.3, -0.25) is 14.8 Å². The Kier molecular flexibility index (Phi) is 4.35. The van der Waals surface area contributed by atoms with Crippen LogP contribution >= 0.6 is 0 Å². The molecule has 3 heterocycles. The van der Waals surface area contributed by atoms with Crippen molar-refractivity contribution in [2.75, 3.05) is 5.32 Å². The van der Waals surface area contributed by atoms with Crippen LogP contribution in [-0.4, -0.2) is 25.8 Å². The molecule has 1 fully saturated rings. The van der Waals surface area contributed by atoms with Crippen LogP contribution in [0.2, 0.25) is 0 Å². The lowest BCUT2D eigenvalue weighted by Crippen LogP contribution is -2.28. The van der Waals surface area contributed by atoms with Gasteiger partial charge in [-0.1, -0.05) is 6.42 Å². The Bertz CT molecular complexity index is 944. The molecule has 0 aromatic carbocycles. The molecule has 1 N–H and O–H groups in total. The Labute approximate surface area is 149 Å². The number of carbonyl (C=O) groups excluding carboxylic acids is 1. The molecular formula is C19H16FN5O. The molecule has 7 heteroatoms. The van der Waals surface area contributed by atoms with Crippen LogP contribution in [0.5, 0.6) is 0 Å². The molecule has 0 atom stereocenters. The fraction of sp³-hybridized carbons (Fsp3) is 0.211. The van der Waals surface area contributed by atoms with Crippen LogP contribution in [0, 0.1) is 11.7 Å². The number of amides is 1. The van der Waals surface area contributed by atoms with Gasteiger partial charge < -0.3 is 5.32 Å². The van der Waals surface area contributed by atoms with Crippen molar-refractivity contribution in [2.45, 2.75) is 19.3 Å². The van der Waals surface area contributed by atoms with Gasteiger partial charge in [0.25, 0.3) is 0 Å². The Morgan fingerprint density at radius 3 is 2.62 bits per heavy atom.